The third-order valence-electron chi connectivity index (χ3n) is 2.99. The molecule has 0 heterocycles. The van der Waals surface area contributed by atoms with E-state index in [-0.39, 0.29) is 0 Å². The SMILES string of the molecule is CC1(N)CCc2c(C(F)(F)F)cccc21. The maximum Gasteiger partial charge on any atom is 0.416 e. The van der Waals surface area contributed by atoms with Crippen molar-refractivity contribution in [2.45, 2.75) is 31.5 Å². The second-order valence-corrected chi connectivity index (χ2v) is 4.25. The van der Waals surface area contributed by atoms with E-state index in [1.54, 1.807) is 13.0 Å². The summed E-state index contributed by atoms with van der Waals surface area (Å²) in [5.41, 5.74) is 5.79. The second kappa shape index (κ2) is 2.98. The molecular weight excluding hydrogens is 203 g/mol. The summed E-state index contributed by atoms with van der Waals surface area (Å²) in [6.45, 7) is 1.78. The Morgan fingerprint density at radius 3 is 2.60 bits per heavy atom. The van der Waals surface area contributed by atoms with E-state index < -0.39 is 17.3 Å². The van der Waals surface area contributed by atoms with Crippen molar-refractivity contribution in [2.75, 3.05) is 0 Å². The molecule has 0 aliphatic heterocycles. The molecule has 15 heavy (non-hydrogen) atoms. The summed E-state index contributed by atoms with van der Waals surface area (Å²) >= 11 is 0. The Balaban J connectivity index is 2.60. The van der Waals surface area contributed by atoms with Gasteiger partial charge >= 0.3 is 6.18 Å². The molecule has 0 bridgehead atoms. The number of alkyl halides is 3. The van der Waals surface area contributed by atoms with Crippen molar-refractivity contribution >= 4 is 0 Å². The number of hydrogen-bond donors (Lipinski definition) is 1. The Labute approximate surface area is 86.1 Å². The van der Waals surface area contributed by atoms with Gasteiger partial charge in [0, 0.05) is 5.54 Å². The number of benzene rings is 1. The lowest BCUT2D eigenvalue weighted by atomic mass is 9.94. The molecule has 0 aromatic heterocycles. The first kappa shape index (κ1) is 10.5. The highest BCUT2D eigenvalue weighted by molar-refractivity contribution is 5.44. The average molecular weight is 215 g/mol. The number of hydrogen-bond acceptors (Lipinski definition) is 1. The molecule has 1 aliphatic rings. The first-order valence-electron chi connectivity index (χ1n) is 4.81. The first-order chi connectivity index (χ1) is 6.82. The van der Waals surface area contributed by atoms with Gasteiger partial charge in [-0.2, -0.15) is 13.2 Å². The lowest BCUT2D eigenvalue weighted by Crippen LogP contribution is -2.29. The zero-order valence-electron chi connectivity index (χ0n) is 8.36. The topological polar surface area (TPSA) is 26.0 Å². The molecule has 0 fully saturated rings. The maximum atomic E-state index is 12.7. The monoisotopic (exact) mass is 215 g/mol. The van der Waals surface area contributed by atoms with E-state index in [1.807, 2.05) is 0 Å². The zero-order chi connectivity index (χ0) is 11.3. The number of halogens is 3. The van der Waals surface area contributed by atoms with Gasteiger partial charge in [-0.05, 0) is 37.0 Å². The molecule has 0 radical (unpaired) electrons. The molecule has 0 amide bonds. The molecule has 2 N–H and O–H groups in total. The van der Waals surface area contributed by atoms with Crippen molar-refractivity contribution in [3.63, 3.8) is 0 Å². The van der Waals surface area contributed by atoms with E-state index in [4.69, 9.17) is 5.73 Å². The molecule has 0 saturated carbocycles. The highest BCUT2D eigenvalue weighted by atomic mass is 19.4. The molecular formula is C11H12F3N. The highest BCUT2D eigenvalue weighted by Gasteiger charge is 2.39. The van der Waals surface area contributed by atoms with Gasteiger partial charge in [-0.1, -0.05) is 12.1 Å². The van der Waals surface area contributed by atoms with Crippen LogP contribution in [-0.2, 0) is 18.1 Å². The van der Waals surface area contributed by atoms with E-state index in [9.17, 15) is 13.2 Å². The van der Waals surface area contributed by atoms with E-state index in [2.05, 4.69) is 0 Å². The van der Waals surface area contributed by atoms with Gasteiger partial charge in [0.15, 0.2) is 0 Å². The van der Waals surface area contributed by atoms with E-state index in [1.165, 1.54) is 6.07 Å². The summed E-state index contributed by atoms with van der Waals surface area (Å²) in [6.07, 6.45) is -3.28. The van der Waals surface area contributed by atoms with Crippen LogP contribution >= 0.6 is 0 Å². The molecule has 82 valence electrons. The van der Waals surface area contributed by atoms with Crippen molar-refractivity contribution in [3.05, 3.63) is 34.9 Å². The van der Waals surface area contributed by atoms with Crippen LogP contribution in [0.3, 0.4) is 0 Å². The molecule has 2 rings (SSSR count). The summed E-state index contributed by atoms with van der Waals surface area (Å²) in [7, 11) is 0. The number of nitrogens with two attached hydrogens (primary N) is 1. The molecule has 1 atom stereocenters. The standard InChI is InChI=1S/C11H12F3N/c1-10(15)6-5-7-8(10)3-2-4-9(7)11(12,13)14/h2-4H,5-6,15H2,1H3. The van der Waals surface area contributed by atoms with Gasteiger partial charge < -0.3 is 5.73 Å². The minimum absolute atomic E-state index is 0.370. The largest absolute Gasteiger partial charge is 0.416 e. The normalized spacial score (nSPS) is 25.4. The minimum Gasteiger partial charge on any atom is -0.322 e. The minimum atomic E-state index is -4.27. The van der Waals surface area contributed by atoms with Crippen molar-refractivity contribution < 1.29 is 13.2 Å². The Kier molecular flexibility index (Phi) is 2.08. The van der Waals surface area contributed by atoms with Crippen LogP contribution < -0.4 is 5.73 Å². The van der Waals surface area contributed by atoms with E-state index in [0.29, 0.717) is 24.0 Å². The third kappa shape index (κ3) is 1.63. The van der Waals surface area contributed by atoms with E-state index >= 15 is 0 Å². The fourth-order valence-electron chi connectivity index (χ4n) is 2.18. The number of fused-ring (bicyclic) bond motifs is 1. The third-order valence-corrected chi connectivity index (χ3v) is 2.99. The summed E-state index contributed by atoms with van der Waals surface area (Å²) in [6, 6.07) is 4.25. The predicted octanol–water partition coefficient (Wildman–Crippen LogP) is 2.83. The second-order valence-electron chi connectivity index (χ2n) is 4.25. The van der Waals surface area contributed by atoms with Crippen LogP contribution in [0.15, 0.2) is 18.2 Å². The van der Waals surface area contributed by atoms with Crippen LogP contribution in [0.5, 0.6) is 0 Å². The first-order valence-corrected chi connectivity index (χ1v) is 4.81. The van der Waals surface area contributed by atoms with Crippen molar-refractivity contribution in [3.8, 4) is 0 Å². The Bertz CT molecular complexity index is 393. The van der Waals surface area contributed by atoms with Crippen LogP contribution in [0.4, 0.5) is 13.2 Å². The van der Waals surface area contributed by atoms with Crippen molar-refractivity contribution in [1.82, 2.24) is 0 Å². The molecule has 1 unspecified atom stereocenters. The summed E-state index contributed by atoms with van der Waals surface area (Å²) in [5, 5.41) is 0. The van der Waals surface area contributed by atoms with E-state index in [0.717, 1.165) is 6.07 Å². The molecule has 4 heteroatoms. The lowest BCUT2D eigenvalue weighted by Gasteiger charge is -2.19. The molecule has 1 aromatic carbocycles. The van der Waals surface area contributed by atoms with Crippen LogP contribution in [0.25, 0.3) is 0 Å². The molecule has 1 aliphatic carbocycles. The fourth-order valence-corrected chi connectivity index (χ4v) is 2.18. The van der Waals surface area contributed by atoms with Crippen molar-refractivity contribution in [2.24, 2.45) is 5.73 Å². The van der Waals surface area contributed by atoms with Gasteiger partial charge in [-0.25, -0.2) is 0 Å². The molecule has 0 saturated heterocycles. The summed E-state index contributed by atoms with van der Waals surface area (Å²) in [4.78, 5) is 0. The van der Waals surface area contributed by atoms with Crippen LogP contribution in [-0.4, -0.2) is 0 Å². The number of rotatable bonds is 0. The van der Waals surface area contributed by atoms with Crippen LogP contribution in [0, 0.1) is 0 Å². The summed E-state index contributed by atoms with van der Waals surface area (Å²) in [5.74, 6) is 0. The Morgan fingerprint density at radius 1 is 1.33 bits per heavy atom. The van der Waals surface area contributed by atoms with Gasteiger partial charge in [0.05, 0.1) is 5.56 Å². The van der Waals surface area contributed by atoms with Crippen LogP contribution in [0.1, 0.15) is 30.0 Å². The maximum absolute atomic E-state index is 12.7. The molecule has 1 nitrogen and oxygen atoms in total. The Morgan fingerprint density at radius 2 is 2.00 bits per heavy atom. The van der Waals surface area contributed by atoms with Gasteiger partial charge in [0.1, 0.15) is 0 Å². The Hall–Kier alpha value is -1.03. The smallest absolute Gasteiger partial charge is 0.322 e. The fraction of sp³-hybridized carbons (Fsp3) is 0.455. The summed E-state index contributed by atoms with van der Waals surface area (Å²) < 4.78 is 38.0. The molecule has 1 aromatic rings. The van der Waals surface area contributed by atoms with Crippen LogP contribution in [0.2, 0.25) is 0 Å². The van der Waals surface area contributed by atoms with Gasteiger partial charge in [0.25, 0.3) is 0 Å². The average Bonchev–Trinajstić information content (AvgIpc) is 2.41. The predicted molar refractivity (Wildman–Crippen MR) is 51.3 cm³/mol. The van der Waals surface area contributed by atoms with Crippen molar-refractivity contribution in [1.29, 1.82) is 0 Å². The van der Waals surface area contributed by atoms with Gasteiger partial charge in [-0.3, -0.25) is 0 Å². The molecule has 0 spiro atoms. The zero-order valence-corrected chi connectivity index (χ0v) is 8.36. The van der Waals surface area contributed by atoms with Gasteiger partial charge in [-0.15, -0.1) is 0 Å². The van der Waals surface area contributed by atoms with Gasteiger partial charge in [0.2, 0.25) is 0 Å². The lowest BCUT2D eigenvalue weighted by molar-refractivity contribution is -0.138. The quantitative estimate of drug-likeness (QED) is 0.707. The highest BCUT2D eigenvalue weighted by Crippen LogP contribution is 2.41.